The van der Waals surface area contributed by atoms with Crippen molar-refractivity contribution in [3.8, 4) is 17.2 Å². The lowest BCUT2D eigenvalue weighted by Gasteiger charge is -2.10. The Morgan fingerprint density at radius 1 is 1.00 bits per heavy atom. The number of nitrogens with one attached hydrogen (secondary N) is 1. The molecule has 0 aromatic heterocycles. The Bertz CT molecular complexity index is 587. The van der Waals surface area contributed by atoms with Crippen LogP contribution in [0.3, 0.4) is 0 Å². The van der Waals surface area contributed by atoms with E-state index in [-0.39, 0.29) is 5.82 Å². The molecule has 0 bridgehead atoms. The molecule has 2 aromatic rings. The maximum atomic E-state index is 13.6. The van der Waals surface area contributed by atoms with Gasteiger partial charge in [0.25, 0.3) is 0 Å². The van der Waals surface area contributed by atoms with Crippen LogP contribution in [0, 0.1) is 5.82 Å². The van der Waals surface area contributed by atoms with Gasteiger partial charge in [-0.2, -0.15) is 0 Å². The summed E-state index contributed by atoms with van der Waals surface area (Å²) in [4.78, 5) is 0. The maximum absolute atomic E-state index is 13.6. The van der Waals surface area contributed by atoms with Crippen molar-refractivity contribution >= 4 is 0 Å². The van der Waals surface area contributed by atoms with Gasteiger partial charge in [0.05, 0.1) is 6.61 Å². The summed E-state index contributed by atoms with van der Waals surface area (Å²) in [6.07, 6.45) is 0. The Labute approximate surface area is 124 Å². The van der Waals surface area contributed by atoms with E-state index >= 15 is 0 Å². The average Bonchev–Trinajstić information content (AvgIpc) is 2.45. The molecule has 0 radical (unpaired) electrons. The van der Waals surface area contributed by atoms with Crippen LogP contribution in [0.2, 0.25) is 0 Å². The normalized spacial score (nSPS) is 10.4. The highest BCUT2D eigenvalue weighted by Crippen LogP contribution is 2.26. The zero-order valence-electron chi connectivity index (χ0n) is 12.4. The van der Waals surface area contributed by atoms with Gasteiger partial charge in [-0.05, 0) is 43.3 Å². The van der Waals surface area contributed by atoms with Gasteiger partial charge in [0.1, 0.15) is 23.1 Å². The minimum Gasteiger partial charge on any atom is -0.494 e. The zero-order chi connectivity index (χ0) is 15.1. The quantitative estimate of drug-likeness (QED) is 0.831. The first kappa shape index (κ1) is 15.3. The van der Waals surface area contributed by atoms with Gasteiger partial charge < -0.3 is 14.8 Å². The Morgan fingerprint density at radius 2 is 1.81 bits per heavy atom. The van der Waals surface area contributed by atoms with Crippen LogP contribution in [0.1, 0.15) is 19.4 Å². The van der Waals surface area contributed by atoms with E-state index in [2.05, 4.69) is 5.32 Å². The Hall–Kier alpha value is -2.07. The molecule has 1 N–H and O–H groups in total. The van der Waals surface area contributed by atoms with Crippen LogP contribution in [-0.2, 0) is 6.54 Å². The number of ether oxygens (including phenoxy) is 2. The fourth-order valence-electron chi connectivity index (χ4n) is 1.98. The van der Waals surface area contributed by atoms with E-state index in [1.165, 1.54) is 12.1 Å². The Morgan fingerprint density at radius 3 is 2.57 bits per heavy atom. The summed E-state index contributed by atoms with van der Waals surface area (Å²) in [5, 5.41) is 3.17. The van der Waals surface area contributed by atoms with E-state index in [0.717, 1.165) is 17.9 Å². The monoisotopic (exact) mass is 289 g/mol. The van der Waals surface area contributed by atoms with Gasteiger partial charge in [0.15, 0.2) is 0 Å². The predicted molar refractivity (Wildman–Crippen MR) is 81.5 cm³/mol. The van der Waals surface area contributed by atoms with Crippen molar-refractivity contribution in [1.82, 2.24) is 5.32 Å². The van der Waals surface area contributed by atoms with Crippen LogP contribution in [0.5, 0.6) is 17.2 Å². The lowest BCUT2D eigenvalue weighted by molar-refractivity contribution is 0.338. The molecule has 112 valence electrons. The molecule has 0 spiro atoms. The van der Waals surface area contributed by atoms with E-state index in [1.807, 2.05) is 38.1 Å². The minimum atomic E-state index is -0.304. The predicted octanol–water partition coefficient (Wildman–Crippen LogP) is 4.13. The highest BCUT2D eigenvalue weighted by molar-refractivity contribution is 5.38. The van der Waals surface area contributed by atoms with Crippen LogP contribution in [0.4, 0.5) is 4.39 Å². The van der Waals surface area contributed by atoms with E-state index < -0.39 is 0 Å². The molecule has 0 unspecified atom stereocenters. The number of benzene rings is 2. The van der Waals surface area contributed by atoms with Gasteiger partial charge in [-0.3, -0.25) is 0 Å². The molecular weight excluding hydrogens is 269 g/mol. The molecule has 0 aliphatic heterocycles. The summed E-state index contributed by atoms with van der Waals surface area (Å²) in [6.45, 7) is 5.98. The van der Waals surface area contributed by atoms with E-state index in [0.29, 0.717) is 24.7 Å². The van der Waals surface area contributed by atoms with Crippen molar-refractivity contribution in [3.63, 3.8) is 0 Å². The molecule has 2 aromatic carbocycles. The molecule has 4 heteroatoms. The van der Waals surface area contributed by atoms with Crippen molar-refractivity contribution in [1.29, 1.82) is 0 Å². The third-order valence-electron chi connectivity index (χ3n) is 2.86. The van der Waals surface area contributed by atoms with Crippen molar-refractivity contribution in [3.05, 3.63) is 53.8 Å². The number of halogens is 1. The van der Waals surface area contributed by atoms with E-state index in [9.17, 15) is 4.39 Å². The van der Waals surface area contributed by atoms with Gasteiger partial charge in [0, 0.05) is 18.7 Å². The van der Waals surface area contributed by atoms with Crippen LogP contribution in [-0.4, -0.2) is 13.2 Å². The third-order valence-corrected chi connectivity index (χ3v) is 2.86. The summed E-state index contributed by atoms with van der Waals surface area (Å²) in [6, 6.07) is 12.0. The van der Waals surface area contributed by atoms with Crippen LogP contribution in [0.15, 0.2) is 42.5 Å². The Kier molecular flexibility index (Phi) is 5.58. The molecule has 0 saturated heterocycles. The molecule has 0 aliphatic rings. The topological polar surface area (TPSA) is 30.5 Å². The first-order chi connectivity index (χ1) is 10.2. The molecule has 0 saturated carbocycles. The summed E-state index contributed by atoms with van der Waals surface area (Å²) >= 11 is 0. The van der Waals surface area contributed by atoms with E-state index in [1.54, 1.807) is 6.07 Å². The standard InChI is InChI=1S/C17H20FNO2/c1-3-19-12-13-8-14(18)10-17(9-13)21-16-7-5-6-15(11-16)20-4-2/h5-11,19H,3-4,12H2,1-2H3. The highest BCUT2D eigenvalue weighted by Gasteiger charge is 2.04. The molecule has 0 atom stereocenters. The van der Waals surface area contributed by atoms with E-state index in [4.69, 9.17) is 9.47 Å². The molecule has 0 fully saturated rings. The first-order valence-electron chi connectivity index (χ1n) is 7.12. The lowest BCUT2D eigenvalue weighted by atomic mass is 10.2. The van der Waals surface area contributed by atoms with Crippen molar-refractivity contribution in [2.45, 2.75) is 20.4 Å². The fourth-order valence-corrected chi connectivity index (χ4v) is 1.98. The summed E-state index contributed by atoms with van der Waals surface area (Å²) in [5.41, 5.74) is 0.854. The van der Waals surface area contributed by atoms with Crippen molar-refractivity contribution in [2.24, 2.45) is 0 Å². The van der Waals surface area contributed by atoms with Crippen molar-refractivity contribution < 1.29 is 13.9 Å². The third kappa shape index (κ3) is 4.76. The van der Waals surface area contributed by atoms with Gasteiger partial charge >= 0.3 is 0 Å². The average molecular weight is 289 g/mol. The summed E-state index contributed by atoms with van der Waals surface area (Å²) in [7, 11) is 0. The molecule has 0 heterocycles. The number of hydrogen-bond donors (Lipinski definition) is 1. The smallest absolute Gasteiger partial charge is 0.131 e. The molecular formula is C17H20FNO2. The fraction of sp³-hybridized carbons (Fsp3) is 0.294. The second-order valence-corrected chi connectivity index (χ2v) is 4.59. The molecule has 0 amide bonds. The number of rotatable bonds is 7. The van der Waals surface area contributed by atoms with Gasteiger partial charge in [-0.1, -0.05) is 13.0 Å². The highest BCUT2D eigenvalue weighted by atomic mass is 19.1. The zero-order valence-corrected chi connectivity index (χ0v) is 12.4. The molecule has 21 heavy (non-hydrogen) atoms. The summed E-state index contributed by atoms with van der Waals surface area (Å²) in [5.74, 6) is 1.54. The maximum Gasteiger partial charge on any atom is 0.131 e. The van der Waals surface area contributed by atoms with Gasteiger partial charge in [0.2, 0.25) is 0 Å². The second-order valence-electron chi connectivity index (χ2n) is 4.59. The largest absolute Gasteiger partial charge is 0.494 e. The Balaban J connectivity index is 2.14. The van der Waals surface area contributed by atoms with Crippen LogP contribution >= 0.6 is 0 Å². The van der Waals surface area contributed by atoms with Gasteiger partial charge in [-0.25, -0.2) is 4.39 Å². The van der Waals surface area contributed by atoms with Crippen LogP contribution in [0.25, 0.3) is 0 Å². The molecule has 0 aliphatic carbocycles. The van der Waals surface area contributed by atoms with Crippen molar-refractivity contribution in [2.75, 3.05) is 13.2 Å². The lowest BCUT2D eigenvalue weighted by Crippen LogP contribution is -2.11. The summed E-state index contributed by atoms with van der Waals surface area (Å²) < 4.78 is 24.8. The minimum absolute atomic E-state index is 0.304. The van der Waals surface area contributed by atoms with Crippen LogP contribution < -0.4 is 14.8 Å². The SMILES string of the molecule is CCNCc1cc(F)cc(Oc2cccc(OCC)c2)c1. The number of hydrogen-bond acceptors (Lipinski definition) is 3. The molecule has 2 rings (SSSR count). The molecule has 3 nitrogen and oxygen atoms in total. The second kappa shape index (κ2) is 7.64. The van der Waals surface area contributed by atoms with Gasteiger partial charge in [-0.15, -0.1) is 0 Å². The first-order valence-corrected chi connectivity index (χ1v) is 7.12.